The molecule has 17 heavy (non-hydrogen) atoms. The van der Waals surface area contributed by atoms with E-state index in [1.807, 2.05) is 14.0 Å². The third-order valence-electron chi connectivity index (χ3n) is 3.36. The average molecular weight is 303 g/mol. The van der Waals surface area contributed by atoms with Crippen LogP contribution in [-0.2, 0) is 11.8 Å². The van der Waals surface area contributed by atoms with Gasteiger partial charge in [-0.1, -0.05) is 5.21 Å². The van der Waals surface area contributed by atoms with Crippen LogP contribution >= 0.6 is 15.9 Å². The van der Waals surface area contributed by atoms with Gasteiger partial charge in [-0.2, -0.15) is 0 Å². The summed E-state index contributed by atoms with van der Waals surface area (Å²) in [7, 11) is 1.87. The van der Waals surface area contributed by atoms with Crippen LogP contribution in [0.15, 0.2) is 4.60 Å². The number of nitrogens with two attached hydrogens (primary N) is 1. The summed E-state index contributed by atoms with van der Waals surface area (Å²) >= 11 is 3.39. The van der Waals surface area contributed by atoms with Gasteiger partial charge in [0.25, 0.3) is 0 Å². The SMILES string of the molecule is CCOC1CC(CC(N)c2c(Br)nnn2C)C1. The van der Waals surface area contributed by atoms with E-state index in [2.05, 4.69) is 26.2 Å². The summed E-state index contributed by atoms with van der Waals surface area (Å²) in [6, 6.07) is -0.00282. The van der Waals surface area contributed by atoms with Gasteiger partial charge in [0.1, 0.15) is 0 Å². The molecule has 1 atom stereocenters. The quantitative estimate of drug-likeness (QED) is 0.900. The smallest absolute Gasteiger partial charge is 0.153 e. The minimum Gasteiger partial charge on any atom is -0.378 e. The van der Waals surface area contributed by atoms with Crippen molar-refractivity contribution in [1.29, 1.82) is 0 Å². The highest BCUT2D eigenvalue weighted by molar-refractivity contribution is 9.10. The number of ether oxygens (including phenoxy) is 1. The highest BCUT2D eigenvalue weighted by Gasteiger charge is 2.32. The zero-order chi connectivity index (χ0) is 12.4. The van der Waals surface area contributed by atoms with Gasteiger partial charge in [-0.15, -0.1) is 5.10 Å². The van der Waals surface area contributed by atoms with E-state index >= 15 is 0 Å². The molecule has 1 saturated carbocycles. The van der Waals surface area contributed by atoms with Crippen molar-refractivity contribution in [3.8, 4) is 0 Å². The van der Waals surface area contributed by atoms with Crippen LogP contribution in [0.25, 0.3) is 0 Å². The van der Waals surface area contributed by atoms with Gasteiger partial charge < -0.3 is 10.5 Å². The first-order valence-corrected chi connectivity index (χ1v) is 6.83. The highest BCUT2D eigenvalue weighted by Crippen LogP contribution is 2.36. The fraction of sp³-hybridized carbons (Fsp3) is 0.818. The van der Waals surface area contributed by atoms with E-state index in [1.54, 1.807) is 4.68 Å². The zero-order valence-corrected chi connectivity index (χ0v) is 11.9. The molecule has 1 unspecified atom stereocenters. The van der Waals surface area contributed by atoms with Crippen LogP contribution in [0.4, 0.5) is 0 Å². The van der Waals surface area contributed by atoms with Crippen LogP contribution in [-0.4, -0.2) is 27.7 Å². The van der Waals surface area contributed by atoms with Crippen molar-refractivity contribution in [2.24, 2.45) is 18.7 Å². The average Bonchev–Trinajstić information content (AvgIpc) is 2.55. The minimum absolute atomic E-state index is 0.00282. The van der Waals surface area contributed by atoms with Crippen LogP contribution in [0.2, 0.25) is 0 Å². The third kappa shape index (κ3) is 2.86. The van der Waals surface area contributed by atoms with E-state index < -0.39 is 0 Å². The van der Waals surface area contributed by atoms with Gasteiger partial charge in [-0.05, 0) is 48.0 Å². The van der Waals surface area contributed by atoms with E-state index in [0.29, 0.717) is 12.0 Å². The zero-order valence-electron chi connectivity index (χ0n) is 10.3. The molecule has 2 rings (SSSR count). The van der Waals surface area contributed by atoms with E-state index in [0.717, 1.165) is 36.2 Å². The Kier molecular flexibility index (Phi) is 4.17. The number of nitrogens with zero attached hydrogens (tertiary/aromatic N) is 3. The van der Waals surface area contributed by atoms with Crippen LogP contribution in [0.1, 0.15) is 37.9 Å². The Morgan fingerprint density at radius 1 is 1.59 bits per heavy atom. The molecule has 0 spiro atoms. The molecule has 0 aliphatic heterocycles. The second-order valence-electron chi connectivity index (χ2n) is 4.65. The van der Waals surface area contributed by atoms with Crippen molar-refractivity contribution in [3.63, 3.8) is 0 Å². The van der Waals surface area contributed by atoms with E-state index in [-0.39, 0.29) is 6.04 Å². The first kappa shape index (κ1) is 13.0. The molecule has 0 radical (unpaired) electrons. The van der Waals surface area contributed by atoms with Crippen molar-refractivity contribution in [1.82, 2.24) is 15.0 Å². The Bertz CT molecular complexity index is 356. The predicted octanol–water partition coefficient (Wildman–Crippen LogP) is 1.78. The lowest BCUT2D eigenvalue weighted by Gasteiger charge is -2.36. The first-order chi connectivity index (χ1) is 8.11. The standard InChI is InChI=1S/C11H19BrN4O/c1-3-17-8-4-7(5-8)6-9(13)10-11(12)14-15-16(10)2/h7-9H,3-6,13H2,1-2H3. The molecular weight excluding hydrogens is 284 g/mol. The van der Waals surface area contributed by atoms with Crippen LogP contribution in [0, 0.1) is 5.92 Å². The van der Waals surface area contributed by atoms with E-state index in [1.165, 1.54) is 0 Å². The van der Waals surface area contributed by atoms with Gasteiger partial charge in [0.05, 0.1) is 11.8 Å². The monoisotopic (exact) mass is 302 g/mol. The highest BCUT2D eigenvalue weighted by atomic mass is 79.9. The summed E-state index contributed by atoms with van der Waals surface area (Å²) in [6.07, 6.45) is 3.68. The molecule has 0 amide bonds. The molecule has 1 aromatic heterocycles. The number of hydrogen-bond acceptors (Lipinski definition) is 4. The van der Waals surface area contributed by atoms with Crippen molar-refractivity contribution in [2.75, 3.05) is 6.61 Å². The van der Waals surface area contributed by atoms with Crippen molar-refractivity contribution >= 4 is 15.9 Å². The van der Waals surface area contributed by atoms with Crippen molar-refractivity contribution in [3.05, 3.63) is 10.3 Å². The molecule has 1 aromatic rings. The largest absolute Gasteiger partial charge is 0.378 e. The molecule has 2 N–H and O–H groups in total. The summed E-state index contributed by atoms with van der Waals surface area (Å²) in [5.74, 6) is 0.670. The number of aryl methyl sites for hydroxylation is 1. The van der Waals surface area contributed by atoms with Crippen LogP contribution < -0.4 is 5.73 Å². The summed E-state index contributed by atoms with van der Waals surface area (Å²) in [5.41, 5.74) is 7.18. The maximum Gasteiger partial charge on any atom is 0.153 e. The number of rotatable bonds is 5. The fourth-order valence-corrected chi connectivity index (χ4v) is 3.06. The molecule has 0 aromatic carbocycles. The molecule has 6 heteroatoms. The van der Waals surface area contributed by atoms with Crippen molar-refractivity contribution < 1.29 is 4.74 Å². The normalized spacial score (nSPS) is 25.6. The Morgan fingerprint density at radius 3 is 2.82 bits per heavy atom. The lowest BCUT2D eigenvalue weighted by atomic mass is 9.78. The molecule has 1 heterocycles. The number of aromatic nitrogens is 3. The van der Waals surface area contributed by atoms with Gasteiger partial charge in [-0.25, -0.2) is 4.68 Å². The molecule has 96 valence electrons. The van der Waals surface area contributed by atoms with Crippen LogP contribution in [0.3, 0.4) is 0 Å². The molecule has 1 aliphatic rings. The second kappa shape index (κ2) is 5.46. The molecule has 5 nitrogen and oxygen atoms in total. The lowest BCUT2D eigenvalue weighted by Crippen LogP contribution is -2.33. The molecule has 1 aliphatic carbocycles. The van der Waals surface area contributed by atoms with E-state index in [9.17, 15) is 0 Å². The summed E-state index contributed by atoms with van der Waals surface area (Å²) < 4.78 is 8.05. The van der Waals surface area contributed by atoms with Gasteiger partial charge >= 0.3 is 0 Å². The van der Waals surface area contributed by atoms with Gasteiger partial charge in [0.2, 0.25) is 0 Å². The Labute approximate surface area is 110 Å². The van der Waals surface area contributed by atoms with Gasteiger partial charge in [0, 0.05) is 19.7 Å². The molecular formula is C11H19BrN4O. The number of halogens is 1. The topological polar surface area (TPSA) is 66.0 Å². The van der Waals surface area contributed by atoms with Gasteiger partial charge in [-0.3, -0.25) is 0 Å². The molecule has 0 bridgehead atoms. The molecule has 0 saturated heterocycles. The maximum atomic E-state index is 6.20. The summed E-state index contributed by atoms with van der Waals surface area (Å²) in [6.45, 7) is 2.85. The van der Waals surface area contributed by atoms with E-state index in [4.69, 9.17) is 10.5 Å². The minimum atomic E-state index is -0.00282. The first-order valence-electron chi connectivity index (χ1n) is 6.04. The Balaban J connectivity index is 1.85. The fourth-order valence-electron chi connectivity index (χ4n) is 2.44. The predicted molar refractivity (Wildman–Crippen MR) is 68.4 cm³/mol. The second-order valence-corrected chi connectivity index (χ2v) is 5.40. The van der Waals surface area contributed by atoms with Crippen molar-refractivity contribution in [2.45, 2.75) is 38.3 Å². The van der Waals surface area contributed by atoms with Gasteiger partial charge in [0.15, 0.2) is 4.60 Å². The Hall–Kier alpha value is -0.460. The van der Waals surface area contributed by atoms with Crippen LogP contribution in [0.5, 0.6) is 0 Å². The maximum absolute atomic E-state index is 6.20. The number of hydrogen-bond donors (Lipinski definition) is 1. The summed E-state index contributed by atoms with van der Waals surface area (Å²) in [5, 5.41) is 7.91. The summed E-state index contributed by atoms with van der Waals surface area (Å²) in [4.78, 5) is 0. The third-order valence-corrected chi connectivity index (χ3v) is 3.92. The molecule has 1 fully saturated rings. The lowest BCUT2D eigenvalue weighted by molar-refractivity contribution is -0.0283. The Morgan fingerprint density at radius 2 is 2.29 bits per heavy atom.